The second-order valence-corrected chi connectivity index (χ2v) is 8.59. The smallest absolute Gasteiger partial charge is 0.191 e. The lowest BCUT2D eigenvalue weighted by Gasteiger charge is -2.41. The summed E-state index contributed by atoms with van der Waals surface area (Å²) in [6.45, 7) is 10.8. The molecule has 0 spiro atoms. The molecule has 2 heterocycles. The number of hydrogen-bond donors (Lipinski definition) is 2. The number of aliphatic imine (C=N–C) groups is 1. The average Bonchev–Trinajstić information content (AvgIpc) is 2.75. The third kappa shape index (κ3) is 6.51. The predicted molar refractivity (Wildman–Crippen MR) is 129 cm³/mol. The topological polar surface area (TPSA) is 58.1 Å². The Morgan fingerprint density at radius 1 is 1.13 bits per heavy atom. The zero-order chi connectivity index (χ0) is 20.7. The van der Waals surface area contributed by atoms with Gasteiger partial charge in [-0.05, 0) is 44.4 Å². The largest absolute Gasteiger partial charge is 0.381 e. The zero-order valence-corrected chi connectivity index (χ0v) is 20.7. The summed E-state index contributed by atoms with van der Waals surface area (Å²) in [5.74, 6) is 0.580. The van der Waals surface area contributed by atoms with E-state index in [0.717, 1.165) is 57.2 Å². The van der Waals surface area contributed by atoms with Gasteiger partial charge in [0.15, 0.2) is 5.96 Å². The Morgan fingerprint density at radius 3 is 2.43 bits per heavy atom. The van der Waals surface area contributed by atoms with E-state index in [2.05, 4.69) is 34.4 Å². The molecule has 0 radical (unpaired) electrons. The Morgan fingerprint density at radius 2 is 1.80 bits per heavy atom. The molecule has 1 aromatic carbocycles. The molecule has 30 heavy (non-hydrogen) atoms. The van der Waals surface area contributed by atoms with E-state index in [1.165, 1.54) is 6.07 Å². The molecule has 3 rings (SSSR count). The van der Waals surface area contributed by atoms with Crippen molar-refractivity contribution in [2.75, 3.05) is 59.7 Å². The van der Waals surface area contributed by atoms with Crippen LogP contribution in [0.3, 0.4) is 0 Å². The van der Waals surface area contributed by atoms with Crippen LogP contribution in [0.5, 0.6) is 0 Å². The normalized spacial score (nSPS) is 20.3. The van der Waals surface area contributed by atoms with Gasteiger partial charge >= 0.3 is 0 Å². The number of halogens is 2. The molecule has 2 saturated heterocycles. The third-order valence-electron chi connectivity index (χ3n) is 6.26. The highest BCUT2D eigenvalue weighted by atomic mass is 127. The Balaban J connectivity index is 0.00000320. The maximum atomic E-state index is 13.9. The first kappa shape index (κ1) is 25.3. The van der Waals surface area contributed by atoms with Crippen molar-refractivity contribution in [3.05, 3.63) is 35.6 Å². The molecule has 2 fully saturated rings. The van der Waals surface area contributed by atoms with E-state index in [1.807, 2.05) is 6.07 Å². The highest BCUT2D eigenvalue weighted by Crippen LogP contribution is 2.34. The van der Waals surface area contributed by atoms with Gasteiger partial charge in [0.05, 0.1) is 13.2 Å². The van der Waals surface area contributed by atoms with Gasteiger partial charge in [-0.15, -0.1) is 24.0 Å². The molecule has 6 nitrogen and oxygen atoms in total. The first-order valence-corrected chi connectivity index (χ1v) is 10.6. The van der Waals surface area contributed by atoms with Gasteiger partial charge in [0.1, 0.15) is 5.82 Å². The van der Waals surface area contributed by atoms with Gasteiger partial charge < -0.3 is 20.1 Å². The maximum Gasteiger partial charge on any atom is 0.191 e. The molecule has 0 amide bonds. The van der Waals surface area contributed by atoms with Crippen LogP contribution in [0.4, 0.5) is 4.39 Å². The molecule has 0 aromatic heterocycles. The van der Waals surface area contributed by atoms with Crippen molar-refractivity contribution in [1.29, 1.82) is 0 Å². The summed E-state index contributed by atoms with van der Waals surface area (Å²) in [5.41, 5.74) is 0.871. The molecule has 1 aromatic rings. The molecule has 0 aliphatic carbocycles. The number of guanidine groups is 1. The molecular formula is C22H36FIN4O2. The quantitative estimate of drug-likeness (QED) is 0.334. The minimum Gasteiger partial charge on any atom is -0.381 e. The lowest BCUT2D eigenvalue weighted by Crippen LogP contribution is -2.57. The van der Waals surface area contributed by atoms with Crippen LogP contribution in [-0.4, -0.2) is 76.1 Å². The third-order valence-corrected chi connectivity index (χ3v) is 6.26. The van der Waals surface area contributed by atoms with Crippen molar-refractivity contribution in [2.24, 2.45) is 4.99 Å². The van der Waals surface area contributed by atoms with Crippen LogP contribution in [0.15, 0.2) is 29.3 Å². The lowest BCUT2D eigenvalue weighted by molar-refractivity contribution is -0.00835. The van der Waals surface area contributed by atoms with Crippen molar-refractivity contribution in [1.82, 2.24) is 15.5 Å². The van der Waals surface area contributed by atoms with E-state index in [9.17, 15) is 4.39 Å². The van der Waals surface area contributed by atoms with Crippen LogP contribution < -0.4 is 10.6 Å². The molecular weight excluding hydrogens is 498 g/mol. The predicted octanol–water partition coefficient (Wildman–Crippen LogP) is 2.77. The lowest BCUT2D eigenvalue weighted by atomic mass is 9.74. The minimum atomic E-state index is -0.192. The van der Waals surface area contributed by atoms with Crippen molar-refractivity contribution < 1.29 is 13.9 Å². The summed E-state index contributed by atoms with van der Waals surface area (Å²) in [5, 5.41) is 6.97. The van der Waals surface area contributed by atoms with Gasteiger partial charge in [-0.2, -0.15) is 0 Å². The van der Waals surface area contributed by atoms with Gasteiger partial charge in [-0.1, -0.05) is 12.1 Å². The van der Waals surface area contributed by atoms with Crippen molar-refractivity contribution in [2.45, 2.75) is 37.6 Å². The monoisotopic (exact) mass is 534 g/mol. The van der Waals surface area contributed by atoms with Gasteiger partial charge in [0, 0.05) is 57.4 Å². The van der Waals surface area contributed by atoms with Crippen molar-refractivity contribution in [3.63, 3.8) is 0 Å². The SMILES string of the molecule is CN=C(NCC1(c2cccc(F)c2)CCOCC1)NCC(C)(C)N1CCOCC1.I. The second kappa shape index (κ2) is 11.6. The van der Waals surface area contributed by atoms with Crippen LogP contribution in [0, 0.1) is 5.82 Å². The number of benzene rings is 1. The molecule has 8 heteroatoms. The van der Waals surface area contributed by atoms with Gasteiger partial charge in [-0.25, -0.2) is 4.39 Å². The standard InChI is InChI=1S/C22H35FN4O2.HI/c1-21(2,27-9-13-29-14-10-27)16-25-20(24-3)26-17-22(7-11-28-12-8-22)18-5-4-6-19(23)15-18;/h4-6,15H,7-14,16-17H2,1-3H3,(H2,24,25,26);1H. The van der Waals surface area contributed by atoms with Crippen LogP contribution in [0.25, 0.3) is 0 Å². The average molecular weight is 534 g/mol. The van der Waals surface area contributed by atoms with E-state index in [0.29, 0.717) is 19.8 Å². The summed E-state index contributed by atoms with van der Waals surface area (Å²) in [6.07, 6.45) is 1.72. The highest BCUT2D eigenvalue weighted by Gasteiger charge is 2.35. The summed E-state index contributed by atoms with van der Waals surface area (Å²) in [7, 11) is 1.79. The summed E-state index contributed by atoms with van der Waals surface area (Å²) < 4.78 is 24.9. The molecule has 170 valence electrons. The minimum absolute atomic E-state index is 0. The number of nitrogens with zero attached hydrogens (tertiary/aromatic N) is 2. The van der Waals surface area contributed by atoms with Crippen LogP contribution in [-0.2, 0) is 14.9 Å². The molecule has 0 saturated carbocycles. The van der Waals surface area contributed by atoms with E-state index >= 15 is 0 Å². The number of morpholine rings is 1. The van der Waals surface area contributed by atoms with Crippen LogP contribution in [0.2, 0.25) is 0 Å². The Hall–Kier alpha value is -0.970. The van der Waals surface area contributed by atoms with Gasteiger partial charge in [0.25, 0.3) is 0 Å². The molecule has 2 aliphatic heterocycles. The van der Waals surface area contributed by atoms with Crippen molar-refractivity contribution in [3.8, 4) is 0 Å². The molecule has 0 bridgehead atoms. The van der Waals surface area contributed by atoms with E-state index in [4.69, 9.17) is 9.47 Å². The van der Waals surface area contributed by atoms with Crippen LogP contribution in [0.1, 0.15) is 32.3 Å². The van der Waals surface area contributed by atoms with E-state index in [-0.39, 0.29) is 40.7 Å². The number of nitrogens with one attached hydrogen (secondary N) is 2. The summed E-state index contributed by atoms with van der Waals surface area (Å²) >= 11 is 0. The Labute approximate surface area is 197 Å². The van der Waals surface area contributed by atoms with Gasteiger partial charge in [-0.3, -0.25) is 9.89 Å². The molecule has 2 aliphatic rings. The Bertz CT molecular complexity index is 689. The second-order valence-electron chi connectivity index (χ2n) is 8.59. The summed E-state index contributed by atoms with van der Waals surface area (Å²) in [6, 6.07) is 6.97. The fraction of sp³-hybridized carbons (Fsp3) is 0.682. The van der Waals surface area contributed by atoms with Crippen molar-refractivity contribution >= 4 is 29.9 Å². The number of ether oxygens (including phenoxy) is 2. The fourth-order valence-electron chi connectivity index (χ4n) is 4.20. The summed E-state index contributed by atoms with van der Waals surface area (Å²) in [4.78, 5) is 6.86. The molecule has 0 atom stereocenters. The molecule has 2 N–H and O–H groups in total. The maximum absolute atomic E-state index is 13.9. The van der Waals surface area contributed by atoms with Crippen LogP contribution >= 0.6 is 24.0 Å². The fourth-order valence-corrected chi connectivity index (χ4v) is 4.20. The number of hydrogen-bond acceptors (Lipinski definition) is 4. The molecule has 0 unspecified atom stereocenters. The first-order chi connectivity index (χ1) is 14.0. The van der Waals surface area contributed by atoms with E-state index in [1.54, 1.807) is 19.2 Å². The number of rotatable bonds is 6. The van der Waals surface area contributed by atoms with Gasteiger partial charge in [0.2, 0.25) is 0 Å². The Kier molecular flexibility index (Phi) is 9.77. The zero-order valence-electron chi connectivity index (χ0n) is 18.4. The first-order valence-electron chi connectivity index (χ1n) is 10.6. The van der Waals surface area contributed by atoms with E-state index < -0.39 is 0 Å². The highest BCUT2D eigenvalue weighted by molar-refractivity contribution is 14.0.